The molecule has 0 spiro atoms. The Morgan fingerprint density at radius 1 is 1.60 bits per heavy atom. The second-order valence-corrected chi connectivity index (χ2v) is 4.67. The van der Waals surface area contributed by atoms with Gasteiger partial charge in [-0.3, -0.25) is 0 Å². The average Bonchev–Trinajstić information content (AvgIpc) is 2.78. The molecule has 3 nitrogen and oxygen atoms in total. The Hall–Kier alpha value is -1.25. The van der Waals surface area contributed by atoms with E-state index in [1.807, 2.05) is 19.1 Å². The van der Waals surface area contributed by atoms with Gasteiger partial charge in [-0.1, -0.05) is 13.8 Å². The van der Waals surface area contributed by atoms with Crippen molar-refractivity contribution < 1.29 is 4.74 Å². The van der Waals surface area contributed by atoms with Crippen LogP contribution >= 0.6 is 0 Å². The Labute approximate surface area is 90.9 Å². The van der Waals surface area contributed by atoms with Crippen LogP contribution in [0.15, 0.2) is 18.3 Å². The van der Waals surface area contributed by atoms with Crippen LogP contribution < -0.4 is 10.1 Å². The summed E-state index contributed by atoms with van der Waals surface area (Å²) in [5, 5.41) is 3.42. The Kier molecular flexibility index (Phi) is 2.55. The maximum atomic E-state index is 5.51. The molecule has 1 N–H and O–H groups in total. The molecule has 1 aliphatic rings. The number of nitrogens with zero attached hydrogens (tertiary/aromatic N) is 1. The lowest BCUT2D eigenvalue weighted by atomic mass is 10.2. The Morgan fingerprint density at radius 3 is 2.93 bits per heavy atom. The van der Waals surface area contributed by atoms with Gasteiger partial charge in [0, 0.05) is 12.2 Å². The fraction of sp³-hybridized carbons (Fsp3) is 0.583. The molecule has 0 aliphatic heterocycles. The summed E-state index contributed by atoms with van der Waals surface area (Å²) >= 11 is 0. The zero-order valence-electron chi connectivity index (χ0n) is 9.58. The van der Waals surface area contributed by atoms with Crippen molar-refractivity contribution in [2.75, 3.05) is 11.9 Å². The van der Waals surface area contributed by atoms with Crippen molar-refractivity contribution in [3.63, 3.8) is 0 Å². The minimum Gasteiger partial charge on any atom is -0.490 e. The van der Waals surface area contributed by atoms with Crippen LogP contribution in [0.25, 0.3) is 0 Å². The molecule has 15 heavy (non-hydrogen) atoms. The fourth-order valence-corrected chi connectivity index (χ4v) is 1.65. The van der Waals surface area contributed by atoms with Gasteiger partial charge in [-0.25, -0.2) is 4.98 Å². The number of ether oxygens (including phenoxy) is 1. The third kappa shape index (κ3) is 2.22. The third-order valence-electron chi connectivity index (χ3n) is 2.89. The van der Waals surface area contributed by atoms with E-state index in [-0.39, 0.29) is 0 Å². The number of hydrogen-bond acceptors (Lipinski definition) is 3. The summed E-state index contributed by atoms with van der Waals surface area (Å²) in [5.74, 6) is 1.72. The Balaban J connectivity index is 2.07. The highest BCUT2D eigenvalue weighted by Crippen LogP contribution is 2.47. The first-order valence-electron chi connectivity index (χ1n) is 5.48. The van der Waals surface area contributed by atoms with E-state index in [4.69, 9.17) is 4.74 Å². The maximum absolute atomic E-state index is 5.51. The highest BCUT2D eigenvalue weighted by atomic mass is 16.5. The molecule has 1 aliphatic carbocycles. The standard InChI is InChI=1S/C12H18N2O/c1-4-15-9-6-5-7-13-11(9)14-10-8-12(10,2)3/h5-7,10H,4,8H2,1-3H3,(H,13,14). The molecule has 2 rings (SSSR count). The topological polar surface area (TPSA) is 34.1 Å². The first-order valence-corrected chi connectivity index (χ1v) is 5.48. The quantitative estimate of drug-likeness (QED) is 0.822. The lowest BCUT2D eigenvalue weighted by Gasteiger charge is -2.11. The summed E-state index contributed by atoms with van der Waals surface area (Å²) in [4.78, 5) is 4.31. The number of aromatic nitrogens is 1. The minimum absolute atomic E-state index is 0.404. The number of rotatable bonds is 4. The first-order chi connectivity index (χ1) is 7.13. The van der Waals surface area contributed by atoms with Crippen molar-refractivity contribution in [1.82, 2.24) is 4.98 Å². The van der Waals surface area contributed by atoms with Crippen LogP contribution in [0.5, 0.6) is 5.75 Å². The predicted molar refractivity (Wildman–Crippen MR) is 61.2 cm³/mol. The maximum Gasteiger partial charge on any atom is 0.168 e. The van der Waals surface area contributed by atoms with E-state index >= 15 is 0 Å². The van der Waals surface area contributed by atoms with Crippen molar-refractivity contribution >= 4 is 5.82 Å². The highest BCUT2D eigenvalue weighted by Gasteiger charge is 2.46. The summed E-state index contributed by atoms with van der Waals surface area (Å²) in [7, 11) is 0. The lowest BCUT2D eigenvalue weighted by Crippen LogP contribution is -2.11. The van der Waals surface area contributed by atoms with E-state index in [1.54, 1.807) is 6.20 Å². The van der Waals surface area contributed by atoms with Gasteiger partial charge in [0.05, 0.1) is 6.61 Å². The van der Waals surface area contributed by atoms with Crippen LogP contribution in [0.1, 0.15) is 27.2 Å². The second-order valence-electron chi connectivity index (χ2n) is 4.67. The summed E-state index contributed by atoms with van der Waals surface area (Å²) < 4.78 is 5.51. The van der Waals surface area contributed by atoms with Gasteiger partial charge < -0.3 is 10.1 Å². The molecule has 0 saturated heterocycles. The molecule has 82 valence electrons. The molecule has 3 heteroatoms. The lowest BCUT2D eigenvalue weighted by molar-refractivity contribution is 0.340. The van der Waals surface area contributed by atoms with E-state index in [0.717, 1.165) is 11.6 Å². The van der Waals surface area contributed by atoms with Gasteiger partial charge in [-0.2, -0.15) is 0 Å². The number of anilines is 1. The monoisotopic (exact) mass is 206 g/mol. The molecule has 1 atom stereocenters. The molecule has 0 bridgehead atoms. The predicted octanol–water partition coefficient (Wildman–Crippen LogP) is 2.69. The van der Waals surface area contributed by atoms with Gasteiger partial charge in [-0.05, 0) is 30.9 Å². The van der Waals surface area contributed by atoms with Crippen LogP contribution in [0.2, 0.25) is 0 Å². The Morgan fingerprint density at radius 2 is 2.33 bits per heavy atom. The van der Waals surface area contributed by atoms with Crippen LogP contribution in [0, 0.1) is 5.41 Å². The van der Waals surface area contributed by atoms with Crippen LogP contribution in [0.3, 0.4) is 0 Å². The van der Waals surface area contributed by atoms with Crippen molar-refractivity contribution in [1.29, 1.82) is 0 Å². The number of hydrogen-bond donors (Lipinski definition) is 1. The van der Waals surface area contributed by atoms with Gasteiger partial charge in [0.15, 0.2) is 11.6 Å². The third-order valence-corrected chi connectivity index (χ3v) is 2.89. The molecule has 1 heterocycles. The molecule has 0 aromatic carbocycles. The van der Waals surface area contributed by atoms with Gasteiger partial charge >= 0.3 is 0 Å². The molecule has 1 aromatic heterocycles. The largest absolute Gasteiger partial charge is 0.490 e. The van der Waals surface area contributed by atoms with E-state index in [1.165, 1.54) is 6.42 Å². The van der Waals surface area contributed by atoms with Crippen LogP contribution in [-0.2, 0) is 0 Å². The zero-order valence-corrected chi connectivity index (χ0v) is 9.58. The molecule has 1 fully saturated rings. The van der Waals surface area contributed by atoms with E-state index in [2.05, 4.69) is 24.1 Å². The molecule has 0 radical (unpaired) electrons. The van der Waals surface area contributed by atoms with Crippen molar-refractivity contribution in [3.8, 4) is 5.75 Å². The first kappa shape index (κ1) is 10.3. The summed E-state index contributed by atoms with van der Waals surface area (Å²) in [6.45, 7) is 7.17. The molecular formula is C12H18N2O. The summed E-state index contributed by atoms with van der Waals surface area (Å²) in [6.07, 6.45) is 3.00. The van der Waals surface area contributed by atoms with Crippen molar-refractivity contribution in [3.05, 3.63) is 18.3 Å². The van der Waals surface area contributed by atoms with Crippen molar-refractivity contribution in [2.45, 2.75) is 33.2 Å². The van der Waals surface area contributed by atoms with Gasteiger partial charge in [-0.15, -0.1) is 0 Å². The molecule has 1 unspecified atom stereocenters. The zero-order chi connectivity index (χ0) is 10.9. The molecule has 1 aromatic rings. The van der Waals surface area contributed by atoms with Crippen LogP contribution in [-0.4, -0.2) is 17.6 Å². The molecule has 1 saturated carbocycles. The smallest absolute Gasteiger partial charge is 0.168 e. The van der Waals surface area contributed by atoms with E-state index in [0.29, 0.717) is 18.1 Å². The SMILES string of the molecule is CCOc1cccnc1NC1CC1(C)C. The second kappa shape index (κ2) is 3.72. The highest BCUT2D eigenvalue weighted by molar-refractivity contribution is 5.51. The fourth-order valence-electron chi connectivity index (χ4n) is 1.65. The van der Waals surface area contributed by atoms with Gasteiger partial charge in [0.25, 0.3) is 0 Å². The summed E-state index contributed by atoms with van der Waals surface area (Å²) in [5.41, 5.74) is 0.404. The molecular weight excluding hydrogens is 188 g/mol. The minimum atomic E-state index is 0.404. The van der Waals surface area contributed by atoms with Gasteiger partial charge in [0.2, 0.25) is 0 Å². The number of nitrogens with one attached hydrogen (secondary N) is 1. The Bertz CT molecular complexity index is 349. The van der Waals surface area contributed by atoms with Gasteiger partial charge in [0.1, 0.15) is 0 Å². The van der Waals surface area contributed by atoms with Crippen LogP contribution in [0.4, 0.5) is 5.82 Å². The average molecular weight is 206 g/mol. The van der Waals surface area contributed by atoms with E-state index in [9.17, 15) is 0 Å². The van der Waals surface area contributed by atoms with Crippen molar-refractivity contribution in [2.24, 2.45) is 5.41 Å². The normalized spacial score (nSPS) is 22.2. The van der Waals surface area contributed by atoms with E-state index < -0.39 is 0 Å². The summed E-state index contributed by atoms with van der Waals surface area (Å²) in [6, 6.07) is 4.38. The number of pyridine rings is 1. The molecule has 0 amide bonds.